The molecule has 11 heteroatoms. The van der Waals surface area contributed by atoms with E-state index in [1.165, 1.54) is 16.8 Å². The van der Waals surface area contributed by atoms with Gasteiger partial charge in [-0.15, -0.1) is 5.10 Å². The Bertz CT molecular complexity index is 1500. The van der Waals surface area contributed by atoms with E-state index in [0.717, 1.165) is 11.1 Å². The minimum Gasteiger partial charge on any atom is -0.459 e. The van der Waals surface area contributed by atoms with E-state index >= 15 is 0 Å². The fraction of sp³-hybridized carbons (Fsp3) is 0.259. The molecule has 0 amide bonds. The molecule has 1 fully saturated rings. The molecule has 0 spiro atoms. The average Bonchev–Trinajstić information content (AvgIpc) is 3.51. The molecule has 3 atom stereocenters. The lowest BCUT2D eigenvalue weighted by Gasteiger charge is -2.19. The Labute approximate surface area is 217 Å². The van der Waals surface area contributed by atoms with E-state index in [9.17, 15) is 19.7 Å². The monoisotopic (exact) mass is 516 g/mol. The lowest BCUT2D eigenvalue weighted by Crippen LogP contribution is -2.32. The van der Waals surface area contributed by atoms with Gasteiger partial charge >= 0.3 is 11.9 Å². The van der Waals surface area contributed by atoms with Gasteiger partial charge in [0.25, 0.3) is 5.69 Å². The lowest BCUT2D eigenvalue weighted by molar-refractivity contribution is -0.383. The minimum atomic E-state index is -0.804. The summed E-state index contributed by atoms with van der Waals surface area (Å²) in [7, 11) is 0. The second kappa shape index (κ2) is 10.4. The van der Waals surface area contributed by atoms with Gasteiger partial charge in [0.1, 0.15) is 18.8 Å². The fourth-order valence-electron chi connectivity index (χ4n) is 4.26. The Morgan fingerprint density at radius 1 is 1.00 bits per heavy atom. The van der Waals surface area contributed by atoms with E-state index in [2.05, 4.69) is 10.3 Å². The SMILES string of the molecule is Cc1ccc(C(=O)OC[C@H]2O[C@@H](n3nnc4c([N+](=O)[O-])cccc43)C[C@@H]2OC(=O)c2ccc(C)cc2)cc1. The summed E-state index contributed by atoms with van der Waals surface area (Å²) in [6.45, 7) is 3.65. The fourth-order valence-corrected chi connectivity index (χ4v) is 4.26. The molecule has 194 valence electrons. The summed E-state index contributed by atoms with van der Waals surface area (Å²) in [6, 6.07) is 18.4. The largest absolute Gasteiger partial charge is 0.459 e. The zero-order chi connectivity index (χ0) is 26.8. The van der Waals surface area contributed by atoms with Crippen molar-refractivity contribution in [2.45, 2.75) is 38.7 Å². The Morgan fingerprint density at radius 3 is 2.26 bits per heavy atom. The van der Waals surface area contributed by atoms with Crippen LogP contribution in [0.25, 0.3) is 11.0 Å². The van der Waals surface area contributed by atoms with Crippen LogP contribution >= 0.6 is 0 Å². The van der Waals surface area contributed by atoms with Crippen LogP contribution in [0, 0.1) is 24.0 Å². The lowest BCUT2D eigenvalue weighted by atomic mass is 10.1. The van der Waals surface area contributed by atoms with Crippen molar-refractivity contribution < 1.29 is 28.7 Å². The van der Waals surface area contributed by atoms with Crippen molar-refractivity contribution in [2.75, 3.05) is 6.61 Å². The zero-order valence-corrected chi connectivity index (χ0v) is 20.6. The van der Waals surface area contributed by atoms with Gasteiger partial charge in [0.2, 0.25) is 0 Å². The van der Waals surface area contributed by atoms with Gasteiger partial charge in [-0.3, -0.25) is 10.1 Å². The van der Waals surface area contributed by atoms with Crippen molar-refractivity contribution in [3.05, 3.63) is 99.1 Å². The third kappa shape index (κ3) is 5.09. The number of carbonyl (C=O) groups is 2. The van der Waals surface area contributed by atoms with Crippen LogP contribution in [-0.4, -0.2) is 50.7 Å². The highest BCUT2D eigenvalue weighted by atomic mass is 16.6. The van der Waals surface area contributed by atoms with Crippen LogP contribution in [-0.2, 0) is 14.2 Å². The minimum absolute atomic E-state index is 0.114. The quantitative estimate of drug-likeness (QED) is 0.200. The second-order valence-corrected chi connectivity index (χ2v) is 9.08. The number of nitrogens with zero attached hydrogens (tertiary/aromatic N) is 4. The molecule has 0 unspecified atom stereocenters. The molecular weight excluding hydrogens is 492 g/mol. The topological polar surface area (TPSA) is 136 Å². The maximum Gasteiger partial charge on any atom is 0.338 e. The van der Waals surface area contributed by atoms with Gasteiger partial charge in [0, 0.05) is 12.5 Å². The van der Waals surface area contributed by atoms with Crippen molar-refractivity contribution in [1.82, 2.24) is 15.0 Å². The van der Waals surface area contributed by atoms with E-state index in [1.807, 2.05) is 13.8 Å². The second-order valence-electron chi connectivity index (χ2n) is 9.08. The molecule has 38 heavy (non-hydrogen) atoms. The first kappa shape index (κ1) is 25.0. The molecule has 0 radical (unpaired) electrons. The van der Waals surface area contributed by atoms with E-state index in [0.29, 0.717) is 16.6 Å². The van der Waals surface area contributed by atoms with Crippen molar-refractivity contribution in [1.29, 1.82) is 0 Å². The summed E-state index contributed by atoms with van der Waals surface area (Å²) in [5.41, 5.74) is 3.08. The molecule has 2 heterocycles. The molecule has 1 aliphatic rings. The summed E-state index contributed by atoms with van der Waals surface area (Å²) in [4.78, 5) is 36.4. The molecule has 0 aliphatic carbocycles. The smallest absolute Gasteiger partial charge is 0.338 e. The summed E-state index contributed by atoms with van der Waals surface area (Å²) in [6.07, 6.45) is -2.17. The van der Waals surface area contributed by atoms with E-state index < -0.39 is 35.3 Å². The summed E-state index contributed by atoms with van der Waals surface area (Å²) in [5.74, 6) is -1.09. The van der Waals surface area contributed by atoms with Gasteiger partial charge in [-0.1, -0.05) is 46.7 Å². The maximum absolute atomic E-state index is 12.9. The predicted molar refractivity (Wildman–Crippen MR) is 135 cm³/mol. The number of hydrogen-bond donors (Lipinski definition) is 0. The van der Waals surface area contributed by atoms with E-state index in [-0.39, 0.29) is 24.2 Å². The van der Waals surface area contributed by atoms with Gasteiger partial charge in [0.15, 0.2) is 11.7 Å². The molecule has 0 N–H and O–H groups in total. The molecule has 0 saturated carbocycles. The molecule has 3 aromatic carbocycles. The van der Waals surface area contributed by atoms with Crippen LogP contribution < -0.4 is 0 Å². The molecule has 1 aliphatic heterocycles. The number of nitro groups is 1. The Balaban J connectivity index is 1.38. The number of hydrogen-bond acceptors (Lipinski definition) is 9. The highest BCUT2D eigenvalue weighted by Gasteiger charge is 2.41. The number of rotatable bonds is 7. The maximum atomic E-state index is 12.9. The standard InChI is InChI=1S/C27H24N4O7/c1-16-6-10-18(11-7-16)26(32)36-15-23-22(38-27(33)19-12-8-17(2)9-13-19)14-24(37-23)30-20-4-3-5-21(31(34)35)25(20)28-29-30/h3-13,22-24H,14-15H2,1-2H3/t22-,23+,24+/m0/s1. The normalized spacial score (nSPS) is 18.8. The van der Waals surface area contributed by atoms with Gasteiger partial charge in [-0.05, 0) is 44.2 Å². The van der Waals surface area contributed by atoms with Crippen molar-refractivity contribution in [3.63, 3.8) is 0 Å². The number of aromatic nitrogens is 3. The predicted octanol–water partition coefficient (Wildman–Crippen LogP) is 4.33. The van der Waals surface area contributed by atoms with Gasteiger partial charge in [0.05, 0.1) is 21.6 Å². The summed E-state index contributed by atoms with van der Waals surface area (Å²) < 4.78 is 18.8. The number of esters is 2. The van der Waals surface area contributed by atoms with Crippen LogP contribution in [0.1, 0.15) is 44.5 Å². The van der Waals surface area contributed by atoms with Gasteiger partial charge in [-0.2, -0.15) is 0 Å². The number of non-ortho nitro benzene ring substituents is 1. The Morgan fingerprint density at radius 2 is 1.63 bits per heavy atom. The third-order valence-electron chi connectivity index (χ3n) is 6.34. The Hall–Kier alpha value is -4.64. The molecule has 5 rings (SSSR count). The number of ether oxygens (including phenoxy) is 3. The van der Waals surface area contributed by atoms with Crippen molar-refractivity contribution in [2.24, 2.45) is 0 Å². The number of carbonyl (C=O) groups excluding carboxylic acids is 2. The average molecular weight is 517 g/mol. The number of nitro benzene ring substituents is 1. The van der Waals surface area contributed by atoms with Gasteiger partial charge < -0.3 is 14.2 Å². The number of aryl methyl sites for hydroxylation is 2. The highest BCUT2D eigenvalue weighted by molar-refractivity contribution is 5.90. The zero-order valence-electron chi connectivity index (χ0n) is 20.6. The molecule has 1 aromatic heterocycles. The molecule has 11 nitrogen and oxygen atoms in total. The van der Waals surface area contributed by atoms with Crippen molar-refractivity contribution >= 4 is 28.7 Å². The first-order chi connectivity index (χ1) is 18.3. The Kier molecular flexibility index (Phi) is 6.84. The summed E-state index contributed by atoms with van der Waals surface area (Å²) >= 11 is 0. The third-order valence-corrected chi connectivity index (χ3v) is 6.34. The van der Waals surface area contributed by atoms with Crippen LogP contribution in [0.15, 0.2) is 66.7 Å². The summed E-state index contributed by atoms with van der Waals surface area (Å²) in [5, 5.41) is 19.4. The van der Waals surface area contributed by atoms with Gasteiger partial charge in [-0.25, -0.2) is 14.3 Å². The van der Waals surface area contributed by atoms with Crippen LogP contribution in [0.4, 0.5) is 5.69 Å². The van der Waals surface area contributed by atoms with E-state index in [1.54, 1.807) is 54.6 Å². The van der Waals surface area contributed by atoms with Crippen molar-refractivity contribution in [3.8, 4) is 0 Å². The first-order valence-corrected chi connectivity index (χ1v) is 12.0. The van der Waals surface area contributed by atoms with Crippen LogP contribution in [0.5, 0.6) is 0 Å². The first-order valence-electron chi connectivity index (χ1n) is 12.0. The molecule has 0 bridgehead atoms. The molecule has 4 aromatic rings. The number of benzene rings is 3. The van der Waals surface area contributed by atoms with Crippen LogP contribution in [0.2, 0.25) is 0 Å². The van der Waals surface area contributed by atoms with Crippen LogP contribution in [0.3, 0.4) is 0 Å². The molecular formula is C27H24N4O7. The molecule has 1 saturated heterocycles. The highest BCUT2D eigenvalue weighted by Crippen LogP contribution is 2.34. The van der Waals surface area contributed by atoms with E-state index in [4.69, 9.17) is 14.2 Å². The number of fused-ring (bicyclic) bond motifs is 1.